The van der Waals surface area contributed by atoms with Gasteiger partial charge in [-0.2, -0.15) is 0 Å². The number of nitrogens with zero attached hydrogens (tertiary/aromatic N) is 5. The largest absolute Gasteiger partial charge is 0.446 e. The molecule has 1 fully saturated rings. The Morgan fingerprint density at radius 1 is 1.11 bits per heavy atom. The number of hydrogen-bond acceptors (Lipinski definition) is 6. The molecule has 2 aromatic carbocycles. The van der Waals surface area contributed by atoms with E-state index in [1.54, 1.807) is 24.6 Å². The minimum Gasteiger partial charge on any atom is -0.446 e. The van der Waals surface area contributed by atoms with Crippen LogP contribution in [0.5, 0.6) is 11.6 Å². The zero-order valence-electron chi connectivity index (χ0n) is 19.3. The third-order valence-electron chi connectivity index (χ3n) is 6.13. The summed E-state index contributed by atoms with van der Waals surface area (Å²) in [5.41, 5.74) is 2.64. The van der Waals surface area contributed by atoms with Gasteiger partial charge < -0.3 is 24.8 Å². The van der Waals surface area contributed by atoms with E-state index in [0.717, 1.165) is 43.6 Å². The number of anilines is 3. The Balaban J connectivity index is 1.42. The van der Waals surface area contributed by atoms with Gasteiger partial charge in [0.25, 0.3) is 5.69 Å². The van der Waals surface area contributed by atoms with E-state index in [-0.39, 0.29) is 34.0 Å². The summed E-state index contributed by atoms with van der Waals surface area (Å²) in [6.07, 6.45) is 1.21. The molecule has 0 atom stereocenters. The molecule has 8 nitrogen and oxygen atoms in total. The lowest BCUT2D eigenvalue weighted by molar-refractivity contribution is 0.428. The molecule has 0 saturated carbocycles. The standard InChI is InChI=1S/C25H23F2N7O/c1-15-12-18-21(27)20(13-19(26)23(18)33(15)3)35-25-22(28-2)24(30-14-31-25)32-16-4-6-17(7-5-16)34-10-8-29-9-11-34/h4-7,12-14,29H,8-11H2,1,3H3,(H,30,31,32). The van der Waals surface area contributed by atoms with E-state index in [1.165, 1.54) is 6.33 Å². The molecule has 0 spiro atoms. The van der Waals surface area contributed by atoms with E-state index >= 15 is 4.39 Å². The predicted molar refractivity (Wildman–Crippen MR) is 131 cm³/mol. The van der Waals surface area contributed by atoms with Gasteiger partial charge in [-0.3, -0.25) is 0 Å². The highest BCUT2D eigenvalue weighted by Crippen LogP contribution is 2.39. The van der Waals surface area contributed by atoms with Crippen molar-refractivity contribution in [2.24, 2.45) is 7.05 Å². The lowest BCUT2D eigenvalue weighted by Crippen LogP contribution is -2.43. The van der Waals surface area contributed by atoms with Gasteiger partial charge in [0.15, 0.2) is 17.4 Å². The monoisotopic (exact) mass is 475 g/mol. The SMILES string of the molecule is [C-]#[N+]c1c(Nc2ccc(N3CCNCC3)cc2)ncnc1Oc1cc(F)c2c(cc(C)n2C)c1F. The smallest absolute Gasteiger partial charge is 0.288 e. The van der Waals surface area contributed by atoms with Crippen molar-refractivity contribution in [1.82, 2.24) is 19.9 Å². The number of ether oxygens (including phenoxy) is 1. The van der Waals surface area contributed by atoms with Crippen LogP contribution in [-0.2, 0) is 7.05 Å². The summed E-state index contributed by atoms with van der Waals surface area (Å²) in [7, 11) is 1.66. The second-order valence-electron chi connectivity index (χ2n) is 8.28. The number of benzene rings is 2. The van der Waals surface area contributed by atoms with Gasteiger partial charge in [-0.1, -0.05) is 0 Å². The average Bonchev–Trinajstić information content (AvgIpc) is 3.18. The van der Waals surface area contributed by atoms with Gasteiger partial charge in [0.1, 0.15) is 12.1 Å². The number of piperazine rings is 1. The lowest BCUT2D eigenvalue weighted by Gasteiger charge is -2.29. The van der Waals surface area contributed by atoms with Crippen LogP contribution >= 0.6 is 0 Å². The van der Waals surface area contributed by atoms with Gasteiger partial charge in [0, 0.05) is 61.7 Å². The predicted octanol–water partition coefficient (Wildman–Crippen LogP) is 5.05. The van der Waals surface area contributed by atoms with Crippen LogP contribution in [0.2, 0.25) is 0 Å². The van der Waals surface area contributed by atoms with E-state index < -0.39 is 11.6 Å². The summed E-state index contributed by atoms with van der Waals surface area (Å²) in [5.74, 6) is -1.67. The maximum Gasteiger partial charge on any atom is 0.288 e. The summed E-state index contributed by atoms with van der Waals surface area (Å²) in [6.45, 7) is 13.1. The topological polar surface area (TPSA) is 71.6 Å². The van der Waals surface area contributed by atoms with Crippen LogP contribution < -0.4 is 20.3 Å². The van der Waals surface area contributed by atoms with Gasteiger partial charge in [-0.05, 0) is 37.3 Å². The van der Waals surface area contributed by atoms with Gasteiger partial charge in [0.05, 0.1) is 12.1 Å². The molecular weight excluding hydrogens is 452 g/mol. The molecule has 1 aliphatic rings. The fraction of sp³-hybridized carbons (Fsp3) is 0.240. The minimum absolute atomic E-state index is 0.0390. The average molecular weight is 476 g/mol. The Labute approximate surface area is 201 Å². The molecule has 178 valence electrons. The summed E-state index contributed by atoms with van der Waals surface area (Å²) < 4.78 is 37.1. The lowest BCUT2D eigenvalue weighted by atomic mass is 10.2. The van der Waals surface area contributed by atoms with Crippen molar-refractivity contribution in [3.8, 4) is 11.6 Å². The number of halogens is 2. The van der Waals surface area contributed by atoms with Crippen molar-refractivity contribution in [2.45, 2.75) is 6.92 Å². The molecule has 2 N–H and O–H groups in total. The van der Waals surface area contributed by atoms with Gasteiger partial charge in [-0.15, -0.1) is 0 Å². The summed E-state index contributed by atoms with van der Waals surface area (Å²) in [5, 5.41) is 6.53. The number of rotatable bonds is 5. The maximum atomic E-state index is 15.2. The summed E-state index contributed by atoms with van der Waals surface area (Å²) in [4.78, 5) is 13.9. The molecule has 1 aliphatic heterocycles. The molecular formula is C25H23F2N7O. The maximum absolute atomic E-state index is 15.2. The second kappa shape index (κ2) is 9.19. The van der Waals surface area contributed by atoms with Crippen molar-refractivity contribution in [2.75, 3.05) is 36.4 Å². The van der Waals surface area contributed by atoms with Crippen LogP contribution in [0, 0.1) is 25.1 Å². The van der Waals surface area contributed by atoms with Gasteiger partial charge in [0.2, 0.25) is 5.88 Å². The highest BCUT2D eigenvalue weighted by atomic mass is 19.1. The van der Waals surface area contributed by atoms with Crippen LogP contribution in [0.1, 0.15) is 5.69 Å². The Bertz CT molecular complexity index is 1440. The van der Waals surface area contributed by atoms with Crippen molar-refractivity contribution in [1.29, 1.82) is 0 Å². The van der Waals surface area contributed by atoms with E-state index in [9.17, 15) is 4.39 Å². The molecule has 5 rings (SSSR count). The van der Waals surface area contributed by atoms with Crippen molar-refractivity contribution in [3.63, 3.8) is 0 Å². The minimum atomic E-state index is -0.724. The fourth-order valence-electron chi connectivity index (χ4n) is 4.19. The van der Waals surface area contributed by atoms with Crippen molar-refractivity contribution in [3.05, 3.63) is 71.5 Å². The Hall–Kier alpha value is -4.23. The van der Waals surface area contributed by atoms with Crippen LogP contribution in [0.25, 0.3) is 15.7 Å². The first kappa shape index (κ1) is 22.6. The molecule has 2 aromatic heterocycles. The molecule has 0 radical (unpaired) electrons. The normalized spacial score (nSPS) is 13.6. The number of fused-ring (bicyclic) bond motifs is 1. The van der Waals surface area contributed by atoms with Crippen LogP contribution in [0.4, 0.5) is 31.7 Å². The quantitative estimate of drug-likeness (QED) is 0.394. The third-order valence-corrected chi connectivity index (χ3v) is 6.13. The number of aryl methyl sites for hydroxylation is 2. The fourth-order valence-corrected chi connectivity index (χ4v) is 4.19. The highest BCUT2D eigenvalue weighted by molar-refractivity contribution is 5.84. The van der Waals surface area contributed by atoms with E-state index in [1.807, 2.05) is 24.3 Å². The van der Waals surface area contributed by atoms with Crippen molar-refractivity contribution < 1.29 is 13.5 Å². The van der Waals surface area contributed by atoms with E-state index in [4.69, 9.17) is 11.3 Å². The summed E-state index contributed by atoms with van der Waals surface area (Å²) in [6, 6.07) is 10.3. The van der Waals surface area contributed by atoms with Gasteiger partial charge in [-0.25, -0.2) is 23.6 Å². The highest BCUT2D eigenvalue weighted by Gasteiger charge is 2.21. The molecule has 0 unspecified atom stereocenters. The second-order valence-corrected chi connectivity index (χ2v) is 8.28. The first-order valence-corrected chi connectivity index (χ1v) is 11.1. The number of nitrogens with one attached hydrogen (secondary N) is 2. The number of hydrogen-bond donors (Lipinski definition) is 2. The molecule has 1 saturated heterocycles. The zero-order valence-corrected chi connectivity index (χ0v) is 19.3. The van der Waals surface area contributed by atoms with Crippen molar-refractivity contribution >= 4 is 33.8 Å². The molecule has 10 heteroatoms. The van der Waals surface area contributed by atoms with Gasteiger partial charge >= 0.3 is 0 Å². The molecule has 4 aromatic rings. The zero-order chi connectivity index (χ0) is 24.5. The first-order valence-electron chi connectivity index (χ1n) is 11.1. The van der Waals surface area contributed by atoms with Crippen LogP contribution in [-0.4, -0.2) is 40.7 Å². The Morgan fingerprint density at radius 2 is 1.86 bits per heavy atom. The molecule has 0 amide bonds. The Kier molecular flexibility index (Phi) is 5.93. The summed E-state index contributed by atoms with van der Waals surface area (Å²) >= 11 is 0. The molecule has 35 heavy (non-hydrogen) atoms. The third kappa shape index (κ3) is 4.22. The number of aromatic nitrogens is 3. The molecule has 0 aliphatic carbocycles. The van der Waals surface area contributed by atoms with E-state index in [0.29, 0.717) is 5.69 Å². The molecule has 0 bridgehead atoms. The Morgan fingerprint density at radius 3 is 2.57 bits per heavy atom. The van der Waals surface area contributed by atoms with Crippen LogP contribution in [0.3, 0.4) is 0 Å². The van der Waals surface area contributed by atoms with E-state index in [2.05, 4.69) is 30.3 Å². The van der Waals surface area contributed by atoms with Crippen LogP contribution in [0.15, 0.2) is 42.7 Å². The first-order chi connectivity index (χ1) is 17.0. The molecule has 3 heterocycles.